The highest BCUT2D eigenvalue weighted by atomic mass is 16.5. The van der Waals surface area contributed by atoms with Crippen molar-refractivity contribution >= 4 is 23.3 Å². The SMILES string of the molecule is COc1cccc(C2N=C(NC#N)Nc3nc(N)c(C#N)c(N)c32)c1OCc1ccc(C)cc1. The predicted octanol–water partition coefficient (Wildman–Crippen LogP) is 2.96. The molecule has 0 radical (unpaired) electrons. The lowest BCUT2D eigenvalue weighted by Gasteiger charge is -2.27. The number of pyridine rings is 1. The van der Waals surface area contributed by atoms with E-state index in [-0.39, 0.29) is 29.6 Å². The van der Waals surface area contributed by atoms with Gasteiger partial charge in [-0.15, -0.1) is 0 Å². The van der Waals surface area contributed by atoms with E-state index in [1.165, 1.54) is 0 Å². The molecule has 0 amide bonds. The van der Waals surface area contributed by atoms with Gasteiger partial charge >= 0.3 is 0 Å². The van der Waals surface area contributed by atoms with Crippen LogP contribution in [0.4, 0.5) is 17.3 Å². The monoisotopic (exact) mass is 454 g/mol. The summed E-state index contributed by atoms with van der Waals surface area (Å²) in [5.41, 5.74) is 15.7. The van der Waals surface area contributed by atoms with Crippen molar-refractivity contribution in [3.8, 4) is 23.8 Å². The summed E-state index contributed by atoms with van der Waals surface area (Å²) in [6.07, 6.45) is 1.84. The van der Waals surface area contributed by atoms with Crippen molar-refractivity contribution < 1.29 is 9.47 Å². The number of rotatable bonds is 5. The molecule has 0 saturated heterocycles. The third-order valence-electron chi connectivity index (χ3n) is 5.39. The van der Waals surface area contributed by atoms with Crippen molar-refractivity contribution in [2.24, 2.45) is 4.99 Å². The minimum Gasteiger partial charge on any atom is -0.493 e. The second kappa shape index (κ2) is 9.27. The quantitative estimate of drug-likeness (QED) is 0.334. The molecule has 2 aromatic carbocycles. The Bertz CT molecular complexity index is 1350. The first-order valence-corrected chi connectivity index (χ1v) is 10.3. The van der Waals surface area contributed by atoms with Gasteiger partial charge in [0.05, 0.1) is 12.8 Å². The molecule has 1 unspecified atom stereocenters. The van der Waals surface area contributed by atoms with E-state index in [0.717, 1.165) is 11.1 Å². The van der Waals surface area contributed by atoms with Gasteiger partial charge in [-0.1, -0.05) is 42.0 Å². The molecular formula is C24H22N8O2. The van der Waals surface area contributed by atoms with Crippen LogP contribution in [-0.4, -0.2) is 18.1 Å². The number of nitrogens with one attached hydrogen (secondary N) is 2. The van der Waals surface area contributed by atoms with E-state index in [1.54, 1.807) is 19.2 Å². The second-order valence-corrected chi connectivity index (χ2v) is 7.55. The summed E-state index contributed by atoms with van der Waals surface area (Å²) >= 11 is 0. The van der Waals surface area contributed by atoms with Gasteiger partial charge in [0.15, 0.2) is 17.7 Å². The largest absolute Gasteiger partial charge is 0.493 e. The molecule has 0 aliphatic carbocycles. The van der Waals surface area contributed by atoms with Crippen LogP contribution in [0.15, 0.2) is 47.5 Å². The molecule has 0 spiro atoms. The van der Waals surface area contributed by atoms with Gasteiger partial charge in [-0.25, -0.2) is 9.98 Å². The van der Waals surface area contributed by atoms with Crippen LogP contribution < -0.4 is 31.6 Å². The number of fused-ring (bicyclic) bond motifs is 1. The van der Waals surface area contributed by atoms with Crippen molar-refractivity contribution in [1.29, 1.82) is 10.5 Å². The molecule has 10 nitrogen and oxygen atoms in total. The zero-order valence-corrected chi connectivity index (χ0v) is 18.6. The third kappa shape index (κ3) is 4.08. The molecule has 1 aliphatic rings. The summed E-state index contributed by atoms with van der Waals surface area (Å²) in [7, 11) is 1.55. The third-order valence-corrected chi connectivity index (χ3v) is 5.39. The zero-order valence-electron chi connectivity index (χ0n) is 18.6. The smallest absolute Gasteiger partial charge is 0.211 e. The summed E-state index contributed by atoms with van der Waals surface area (Å²) in [4.78, 5) is 8.91. The molecular weight excluding hydrogens is 432 g/mol. The normalized spacial score (nSPS) is 14.0. The highest BCUT2D eigenvalue weighted by Gasteiger charge is 2.32. The molecule has 3 aromatic rings. The number of methoxy groups -OCH3 is 1. The van der Waals surface area contributed by atoms with Crippen molar-refractivity contribution in [3.63, 3.8) is 0 Å². The van der Waals surface area contributed by atoms with E-state index in [2.05, 4.69) is 20.6 Å². The van der Waals surface area contributed by atoms with E-state index < -0.39 is 6.04 Å². The number of anilines is 3. The number of nitriles is 2. The first-order chi connectivity index (χ1) is 16.5. The average Bonchev–Trinajstić information content (AvgIpc) is 2.83. The van der Waals surface area contributed by atoms with Gasteiger partial charge in [0, 0.05) is 11.1 Å². The molecule has 170 valence electrons. The summed E-state index contributed by atoms with van der Waals surface area (Å²) < 4.78 is 11.8. The van der Waals surface area contributed by atoms with Crippen LogP contribution in [0.1, 0.15) is 33.9 Å². The van der Waals surface area contributed by atoms with Crippen LogP contribution in [-0.2, 0) is 6.61 Å². The maximum Gasteiger partial charge on any atom is 0.211 e. The fourth-order valence-electron chi connectivity index (χ4n) is 3.71. The molecule has 0 fully saturated rings. The lowest BCUT2D eigenvalue weighted by atomic mass is 9.94. The van der Waals surface area contributed by atoms with Gasteiger partial charge in [0.2, 0.25) is 5.96 Å². The van der Waals surface area contributed by atoms with Gasteiger partial charge < -0.3 is 26.3 Å². The highest BCUT2D eigenvalue weighted by Crippen LogP contribution is 2.45. The Morgan fingerprint density at radius 1 is 1.15 bits per heavy atom. The van der Waals surface area contributed by atoms with Crippen LogP contribution in [0, 0.1) is 29.7 Å². The van der Waals surface area contributed by atoms with E-state index in [4.69, 9.17) is 26.2 Å². The number of nitrogens with two attached hydrogens (primary N) is 2. The number of benzene rings is 2. The summed E-state index contributed by atoms with van der Waals surface area (Å²) in [6.45, 7) is 2.31. The number of nitrogen functional groups attached to an aromatic ring is 2. The van der Waals surface area contributed by atoms with E-state index in [9.17, 15) is 5.26 Å². The molecule has 10 heteroatoms. The summed E-state index contributed by atoms with van der Waals surface area (Å²) in [5, 5.41) is 24.1. The minimum absolute atomic E-state index is 0.0234. The van der Waals surface area contributed by atoms with Crippen molar-refractivity contribution in [1.82, 2.24) is 10.3 Å². The van der Waals surface area contributed by atoms with Gasteiger partial charge in [-0.05, 0) is 18.6 Å². The van der Waals surface area contributed by atoms with E-state index in [1.807, 2.05) is 49.5 Å². The molecule has 0 bridgehead atoms. The number of aliphatic imine (C=N–C) groups is 1. The van der Waals surface area contributed by atoms with Crippen molar-refractivity contribution in [2.75, 3.05) is 23.9 Å². The van der Waals surface area contributed by atoms with Crippen LogP contribution in [0.25, 0.3) is 0 Å². The Morgan fingerprint density at radius 2 is 1.91 bits per heavy atom. The molecule has 34 heavy (non-hydrogen) atoms. The van der Waals surface area contributed by atoms with Crippen LogP contribution in [0.3, 0.4) is 0 Å². The second-order valence-electron chi connectivity index (χ2n) is 7.55. The highest BCUT2D eigenvalue weighted by molar-refractivity contribution is 5.98. The number of hydrogen-bond donors (Lipinski definition) is 4. The van der Waals surface area contributed by atoms with Crippen molar-refractivity contribution in [2.45, 2.75) is 19.6 Å². The number of aromatic nitrogens is 1. The summed E-state index contributed by atoms with van der Waals surface area (Å²) in [5.74, 6) is 1.38. The Morgan fingerprint density at radius 3 is 2.59 bits per heavy atom. The molecule has 4 rings (SSSR count). The topological polar surface area (TPSA) is 167 Å². The Kier molecular flexibility index (Phi) is 6.06. The molecule has 0 saturated carbocycles. The van der Waals surface area contributed by atoms with Crippen LogP contribution in [0.2, 0.25) is 0 Å². The maximum atomic E-state index is 9.55. The first-order valence-electron chi connectivity index (χ1n) is 10.3. The molecule has 1 aromatic heterocycles. The standard InChI is InChI=1S/C24H22N8O2/c1-13-6-8-14(9-7-13)11-34-21-15(4-3-5-17(21)33-2)20-18-19(27)16(10-25)22(28)31-23(18)32-24(30-20)29-12-26/h3-9,20H,11H2,1-2H3,(H6,27,28,29,30,31,32). The number of guanidine groups is 1. The molecule has 2 heterocycles. The van der Waals surface area contributed by atoms with Crippen LogP contribution in [0.5, 0.6) is 11.5 Å². The Hall–Kier alpha value is -4.96. The fraction of sp³-hybridized carbons (Fsp3) is 0.167. The van der Waals surface area contributed by atoms with Gasteiger partial charge in [0.25, 0.3) is 0 Å². The number of para-hydroxylation sites is 1. The predicted molar refractivity (Wildman–Crippen MR) is 128 cm³/mol. The lowest BCUT2D eigenvalue weighted by Crippen LogP contribution is -2.33. The van der Waals surface area contributed by atoms with Crippen LogP contribution >= 0.6 is 0 Å². The number of nitrogens with zero attached hydrogens (tertiary/aromatic N) is 4. The van der Waals surface area contributed by atoms with Crippen molar-refractivity contribution in [3.05, 3.63) is 70.3 Å². The van der Waals surface area contributed by atoms with Gasteiger partial charge in [0.1, 0.15) is 35.9 Å². The number of ether oxygens (including phenoxy) is 2. The average molecular weight is 454 g/mol. The number of aryl methyl sites for hydroxylation is 1. The Balaban J connectivity index is 1.85. The first kappa shape index (κ1) is 22.2. The molecule has 1 atom stereocenters. The molecule has 6 N–H and O–H groups in total. The summed E-state index contributed by atoms with van der Waals surface area (Å²) in [6, 6.07) is 14.6. The zero-order chi connectivity index (χ0) is 24.2. The maximum absolute atomic E-state index is 9.55. The van der Waals surface area contributed by atoms with E-state index in [0.29, 0.717) is 28.4 Å². The number of hydrogen-bond acceptors (Lipinski definition) is 10. The van der Waals surface area contributed by atoms with Gasteiger partial charge in [-0.2, -0.15) is 10.5 Å². The van der Waals surface area contributed by atoms with Gasteiger partial charge in [-0.3, -0.25) is 5.32 Å². The van der Waals surface area contributed by atoms with E-state index >= 15 is 0 Å². The fourth-order valence-corrected chi connectivity index (χ4v) is 3.71. The Labute approximate surface area is 196 Å². The lowest BCUT2D eigenvalue weighted by molar-refractivity contribution is 0.280. The minimum atomic E-state index is -0.754. The molecule has 1 aliphatic heterocycles.